The van der Waals surface area contributed by atoms with Gasteiger partial charge in [0, 0.05) is 25.7 Å². The fraction of sp³-hybridized carbons (Fsp3) is 0.400. The summed E-state index contributed by atoms with van der Waals surface area (Å²) in [7, 11) is 2.15. The molecule has 0 amide bonds. The van der Waals surface area contributed by atoms with E-state index in [0.717, 1.165) is 31.9 Å². The molecule has 2 aromatic rings. The number of aryl methyl sites for hydroxylation is 1. The van der Waals surface area contributed by atoms with Gasteiger partial charge in [0.15, 0.2) is 0 Å². The lowest BCUT2D eigenvalue weighted by Crippen LogP contribution is -2.16. The molecular formula is C15H19N3O. The average Bonchev–Trinajstić information content (AvgIpc) is 2.71. The smallest absolute Gasteiger partial charge is 0.233 e. The molecule has 0 saturated carbocycles. The third-order valence-corrected chi connectivity index (χ3v) is 3.41. The van der Waals surface area contributed by atoms with Crippen LogP contribution in [0.15, 0.2) is 36.4 Å². The molecule has 0 atom stereocenters. The molecule has 100 valence electrons. The summed E-state index contributed by atoms with van der Waals surface area (Å²) in [5.41, 5.74) is 2.41. The molecule has 3 rings (SSSR count). The number of nitrogens with zero attached hydrogens (tertiary/aromatic N) is 3. The van der Waals surface area contributed by atoms with E-state index in [1.807, 2.05) is 18.2 Å². The van der Waals surface area contributed by atoms with Crippen LogP contribution in [0.5, 0.6) is 5.88 Å². The predicted octanol–water partition coefficient (Wildman–Crippen LogP) is 2.30. The van der Waals surface area contributed by atoms with Crippen LogP contribution in [-0.2, 0) is 19.7 Å². The molecule has 0 radical (unpaired) electrons. The zero-order valence-corrected chi connectivity index (χ0v) is 11.2. The average molecular weight is 257 g/mol. The summed E-state index contributed by atoms with van der Waals surface area (Å²) < 4.78 is 7.84. The van der Waals surface area contributed by atoms with E-state index in [0.29, 0.717) is 6.61 Å². The van der Waals surface area contributed by atoms with E-state index in [1.165, 1.54) is 11.3 Å². The molecule has 1 aliphatic rings. The summed E-state index contributed by atoms with van der Waals surface area (Å²) in [5.74, 6) is 0.731. The maximum absolute atomic E-state index is 5.77. The van der Waals surface area contributed by atoms with Crippen molar-refractivity contribution in [3.63, 3.8) is 0 Å². The van der Waals surface area contributed by atoms with Gasteiger partial charge in [-0.1, -0.05) is 30.3 Å². The van der Waals surface area contributed by atoms with Crippen molar-refractivity contribution in [1.29, 1.82) is 0 Å². The van der Waals surface area contributed by atoms with Gasteiger partial charge in [0.1, 0.15) is 6.61 Å². The molecule has 0 bridgehead atoms. The molecule has 1 aromatic carbocycles. The fourth-order valence-corrected chi connectivity index (χ4v) is 2.40. The van der Waals surface area contributed by atoms with Crippen molar-refractivity contribution in [2.24, 2.45) is 0 Å². The van der Waals surface area contributed by atoms with E-state index in [1.54, 1.807) is 0 Å². The van der Waals surface area contributed by atoms with Crippen LogP contribution in [0, 0.1) is 0 Å². The normalized spacial score (nSPS) is 15.8. The van der Waals surface area contributed by atoms with Gasteiger partial charge in [0.25, 0.3) is 0 Å². The lowest BCUT2D eigenvalue weighted by molar-refractivity contribution is 0.288. The highest BCUT2D eigenvalue weighted by atomic mass is 16.5. The highest BCUT2D eigenvalue weighted by Gasteiger charge is 2.14. The van der Waals surface area contributed by atoms with Crippen LogP contribution >= 0.6 is 0 Å². The minimum absolute atomic E-state index is 0.577. The number of fused-ring (bicyclic) bond motifs is 1. The van der Waals surface area contributed by atoms with Gasteiger partial charge in [0.05, 0.1) is 5.69 Å². The molecule has 1 aromatic heterocycles. The van der Waals surface area contributed by atoms with Crippen LogP contribution in [0.25, 0.3) is 0 Å². The highest BCUT2D eigenvalue weighted by Crippen LogP contribution is 2.18. The topological polar surface area (TPSA) is 30.3 Å². The van der Waals surface area contributed by atoms with Crippen molar-refractivity contribution < 1.29 is 4.74 Å². The number of rotatable bonds is 3. The molecule has 0 spiro atoms. The van der Waals surface area contributed by atoms with Crippen molar-refractivity contribution >= 4 is 0 Å². The summed E-state index contributed by atoms with van der Waals surface area (Å²) in [4.78, 5) is 2.32. The molecule has 0 aliphatic carbocycles. The molecule has 2 heterocycles. The molecule has 19 heavy (non-hydrogen) atoms. The minimum Gasteiger partial charge on any atom is -0.472 e. The second-order valence-electron chi connectivity index (χ2n) is 5.06. The Morgan fingerprint density at radius 3 is 2.89 bits per heavy atom. The third-order valence-electron chi connectivity index (χ3n) is 3.41. The highest BCUT2D eigenvalue weighted by molar-refractivity contribution is 5.18. The molecule has 0 fully saturated rings. The fourth-order valence-electron chi connectivity index (χ4n) is 2.40. The first-order valence-electron chi connectivity index (χ1n) is 6.73. The van der Waals surface area contributed by atoms with Gasteiger partial charge in [-0.3, -0.25) is 4.68 Å². The number of aromatic nitrogens is 2. The largest absolute Gasteiger partial charge is 0.472 e. The van der Waals surface area contributed by atoms with E-state index >= 15 is 0 Å². The van der Waals surface area contributed by atoms with Crippen molar-refractivity contribution in [3.05, 3.63) is 47.7 Å². The summed E-state index contributed by atoms with van der Waals surface area (Å²) in [5, 5.41) is 4.53. The number of ether oxygens (including phenoxy) is 1. The summed E-state index contributed by atoms with van der Waals surface area (Å²) in [6.45, 7) is 3.63. The lowest BCUT2D eigenvalue weighted by atomic mass is 10.2. The number of hydrogen-bond acceptors (Lipinski definition) is 3. The van der Waals surface area contributed by atoms with Crippen LogP contribution in [0.2, 0.25) is 0 Å². The molecule has 0 unspecified atom stereocenters. The Balaban J connectivity index is 1.68. The quantitative estimate of drug-likeness (QED) is 0.845. The molecular weight excluding hydrogens is 238 g/mol. The molecule has 0 saturated heterocycles. The zero-order chi connectivity index (χ0) is 13.1. The van der Waals surface area contributed by atoms with E-state index in [9.17, 15) is 0 Å². The zero-order valence-electron chi connectivity index (χ0n) is 11.2. The van der Waals surface area contributed by atoms with Gasteiger partial charge >= 0.3 is 0 Å². The van der Waals surface area contributed by atoms with E-state index in [2.05, 4.69) is 39.9 Å². The number of benzene rings is 1. The van der Waals surface area contributed by atoms with Crippen LogP contribution in [-0.4, -0.2) is 28.3 Å². The first kappa shape index (κ1) is 12.2. The SMILES string of the molecule is CN1CCCn2nc(OCc3ccccc3)cc2C1. The Bertz CT molecular complexity index is 536. The van der Waals surface area contributed by atoms with Crippen LogP contribution in [0.1, 0.15) is 17.7 Å². The second-order valence-corrected chi connectivity index (χ2v) is 5.06. The maximum Gasteiger partial charge on any atom is 0.233 e. The van der Waals surface area contributed by atoms with E-state index in [4.69, 9.17) is 4.74 Å². The molecule has 4 heteroatoms. The maximum atomic E-state index is 5.77. The molecule has 0 N–H and O–H groups in total. The summed E-state index contributed by atoms with van der Waals surface area (Å²) in [6, 6.07) is 12.2. The monoisotopic (exact) mass is 257 g/mol. The van der Waals surface area contributed by atoms with Crippen LogP contribution < -0.4 is 4.74 Å². The minimum atomic E-state index is 0.577. The Morgan fingerprint density at radius 2 is 2.05 bits per heavy atom. The predicted molar refractivity (Wildman–Crippen MR) is 74.0 cm³/mol. The standard InChI is InChI=1S/C15H19N3O/c1-17-8-5-9-18-14(11-17)10-15(16-18)19-12-13-6-3-2-4-7-13/h2-4,6-7,10H,5,8-9,11-12H2,1H3. The van der Waals surface area contributed by atoms with Crippen molar-refractivity contribution in [1.82, 2.24) is 14.7 Å². The Kier molecular flexibility index (Phi) is 3.51. The first-order valence-corrected chi connectivity index (χ1v) is 6.73. The molecule has 1 aliphatic heterocycles. The Labute approximate surface area is 113 Å². The first-order chi connectivity index (χ1) is 9.31. The summed E-state index contributed by atoms with van der Waals surface area (Å²) in [6.07, 6.45) is 1.14. The Morgan fingerprint density at radius 1 is 1.21 bits per heavy atom. The van der Waals surface area contributed by atoms with E-state index < -0.39 is 0 Å². The lowest BCUT2D eigenvalue weighted by Gasteiger charge is -2.10. The summed E-state index contributed by atoms with van der Waals surface area (Å²) >= 11 is 0. The van der Waals surface area contributed by atoms with Gasteiger partial charge in [-0.2, -0.15) is 0 Å². The number of hydrogen-bond donors (Lipinski definition) is 0. The Hall–Kier alpha value is -1.81. The van der Waals surface area contributed by atoms with Gasteiger partial charge < -0.3 is 9.64 Å². The van der Waals surface area contributed by atoms with Crippen molar-refractivity contribution in [2.45, 2.75) is 26.1 Å². The van der Waals surface area contributed by atoms with Gasteiger partial charge in [-0.15, -0.1) is 5.10 Å². The van der Waals surface area contributed by atoms with Gasteiger partial charge in [-0.05, 0) is 19.0 Å². The second kappa shape index (κ2) is 5.45. The third kappa shape index (κ3) is 2.96. The molecule has 4 nitrogen and oxygen atoms in total. The van der Waals surface area contributed by atoms with Crippen LogP contribution in [0.3, 0.4) is 0 Å². The van der Waals surface area contributed by atoms with Crippen molar-refractivity contribution in [2.75, 3.05) is 13.6 Å². The van der Waals surface area contributed by atoms with Gasteiger partial charge in [-0.25, -0.2) is 0 Å². The van der Waals surface area contributed by atoms with Crippen molar-refractivity contribution in [3.8, 4) is 5.88 Å². The van der Waals surface area contributed by atoms with Crippen LogP contribution in [0.4, 0.5) is 0 Å². The van der Waals surface area contributed by atoms with Gasteiger partial charge in [0.2, 0.25) is 5.88 Å². The van der Waals surface area contributed by atoms with E-state index in [-0.39, 0.29) is 0 Å².